The van der Waals surface area contributed by atoms with Gasteiger partial charge in [0.15, 0.2) is 17.5 Å². The van der Waals surface area contributed by atoms with Gasteiger partial charge in [-0.05, 0) is 105 Å². The van der Waals surface area contributed by atoms with E-state index in [1.165, 1.54) is 44.6 Å². The first-order valence-corrected chi connectivity index (χ1v) is 26.9. The SMILES string of the molecule is Cc1ccnc(-n2c3ccccc3c3ccc(-c4nc(-c5cccc(N6CN(c7c(-c8ccccc8)cccc7-c7ccccc7)c7ccccc76)c5)nc(-c5c(C(C)(C)C)cc(C(C)(C)C)cc5C(C)(C)C)n4)cc32)c1. The monoisotopic (exact) mass is 1000 g/mol. The van der Waals surface area contributed by atoms with E-state index in [1.54, 1.807) is 0 Å². The number of fused-ring (bicyclic) bond motifs is 4. The van der Waals surface area contributed by atoms with Crippen molar-refractivity contribution in [1.29, 1.82) is 0 Å². The minimum Gasteiger partial charge on any atom is -0.321 e. The number of hydrogen-bond donors (Lipinski definition) is 0. The van der Waals surface area contributed by atoms with E-state index in [9.17, 15) is 0 Å². The number of aryl methyl sites for hydroxylation is 1. The number of hydrogen-bond acceptors (Lipinski definition) is 6. The molecule has 7 nitrogen and oxygen atoms in total. The van der Waals surface area contributed by atoms with Crippen molar-refractivity contribution in [3.05, 3.63) is 223 Å². The summed E-state index contributed by atoms with van der Waals surface area (Å²) >= 11 is 0. The van der Waals surface area contributed by atoms with Crippen molar-refractivity contribution in [2.45, 2.75) is 85.5 Å². The smallest absolute Gasteiger partial charge is 0.164 e. The Kier molecular flexibility index (Phi) is 12.0. The standard InChI is InChI=1S/C70H65N7/c1-45-37-38-71-62(39-45)77-58-32-18-17-29-54(58)55-36-35-49(41-61(55)77)66-72-65(73-67(74-66)63-56(69(5,6)7)42-50(68(2,3)4)43-57(63)70(8,9)10)48-27-21-28-51(40-48)75-44-76(60-34-20-19-33-59(60)75)64-52(46-23-13-11-14-24-46)30-22-31-53(64)47-25-15-12-16-26-47/h11-43H,44H2,1-10H3. The highest BCUT2D eigenvalue weighted by atomic mass is 15.4. The molecule has 0 spiro atoms. The Labute approximate surface area is 453 Å². The average molecular weight is 1000 g/mol. The summed E-state index contributed by atoms with van der Waals surface area (Å²) in [6.07, 6.45) is 1.89. The molecular formula is C70H65N7. The fourth-order valence-corrected chi connectivity index (χ4v) is 11.2. The fraction of sp³-hybridized carbons (Fsp3) is 0.200. The maximum Gasteiger partial charge on any atom is 0.164 e. The molecule has 0 fully saturated rings. The van der Waals surface area contributed by atoms with Crippen LogP contribution in [-0.2, 0) is 16.2 Å². The molecule has 1 aliphatic heterocycles. The Balaban J connectivity index is 1.06. The number of anilines is 4. The second kappa shape index (κ2) is 18.9. The van der Waals surface area contributed by atoms with E-state index < -0.39 is 0 Å². The largest absolute Gasteiger partial charge is 0.321 e. The quantitative estimate of drug-likeness (QED) is 0.151. The summed E-state index contributed by atoms with van der Waals surface area (Å²) in [6.45, 7) is 23.5. The topological polar surface area (TPSA) is 63.0 Å². The first kappa shape index (κ1) is 49.2. The second-order valence-corrected chi connectivity index (χ2v) is 23.7. The van der Waals surface area contributed by atoms with Crippen LogP contribution in [0.1, 0.15) is 84.6 Å². The lowest BCUT2D eigenvalue weighted by Crippen LogP contribution is -2.25. The molecule has 4 heterocycles. The van der Waals surface area contributed by atoms with Crippen LogP contribution in [0.3, 0.4) is 0 Å². The molecule has 0 saturated heterocycles. The molecule has 0 atom stereocenters. The summed E-state index contributed by atoms with van der Waals surface area (Å²) in [7, 11) is 0. The molecule has 0 aliphatic carbocycles. The number of rotatable bonds is 8. The number of benzene rings is 8. The first-order chi connectivity index (χ1) is 37.0. The molecule has 0 saturated carbocycles. The van der Waals surface area contributed by atoms with E-state index in [4.69, 9.17) is 19.9 Å². The lowest BCUT2D eigenvalue weighted by Gasteiger charge is -2.33. The van der Waals surface area contributed by atoms with Crippen LogP contribution in [0, 0.1) is 6.92 Å². The Hall–Kier alpha value is -8.68. The second-order valence-electron chi connectivity index (χ2n) is 23.7. The van der Waals surface area contributed by atoms with E-state index in [0.717, 1.165) is 66.9 Å². The summed E-state index contributed by atoms with van der Waals surface area (Å²) in [5.41, 5.74) is 18.5. The van der Waals surface area contributed by atoms with E-state index in [1.807, 2.05) is 12.3 Å². The van der Waals surface area contributed by atoms with Crippen LogP contribution < -0.4 is 9.80 Å². The normalized spacial score (nSPS) is 13.0. The predicted molar refractivity (Wildman–Crippen MR) is 322 cm³/mol. The van der Waals surface area contributed by atoms with Gasteiger partial charge >= 0.3 is 0 Å². The van der Waals surface area contributed by atoms with Gasteiger partial charge in [-0.2, -0.15) is 0 Å². The summed E-state index contributed by atoms with van der Waals surface area (Å²) in [5.74, 6) is 2.75. The Bertz CT molecular complexity index is 3950. The molecule has 0 unspecified atom stereocenters. The first-order valence-electron chi connectivity index (χ1n) is 26.9. The van der Waals surface area contributed by atoms with Gasteiger partial charge in [0, 0.05) is 50.5 Å². The van der Waals surface area contributed by atoms with Crippen molar-refractivity contribution in [2.75, 3.05) is 16.5 Å². The third kappa shape index (κ3) is 9.03. The van der Waals surface area contributed by atoms with Crippen LogP contribution in [0.15, 0.2) is 200 Å². The van der Waals surface area contributed by atoms with Crippen molar-refractivity contribution in [2.24, 2.45) is 0 Å². The zero-order valence-corrected chi connectivity index (χ0v) is 45.9. The molecule has 0 amide bonds. The average Bonchev–Trinajstić information content (AvgIpc) is 4.00. The Morgan fingerprint density at radius 1 is 0.416 bits per heavy atom. The highest BCUT2D eigenvalue weighted by molar-refractivity contribution is 6.10. The van der Waals surface area contributed by atoms with E-state index in [0.29, 0.717) is 24.1 Å². The minimum absolute atomic E-state index is 0.0785. The Morgan fingerprint density at radius 2 is 0.948 bits per heavy atom. The van der Waals surface area contributed by atoms with E-state index in [2.05, 4.69) is 272 Å². The zero-order chi connectivity index (χ0) is 53.4. The van der Waals surface area contributed by atoms with Gasteiger partial charge in [-0.3, -0.25) is 4.57 Å². The van der Waals surface area contributed by atoms with Crippen LogP contribution in [0.2, 0.25) is 0 Å². The molecule has 11 aromatic rings. The number of pyridine rings is 1. The van der Waals surface area contributed by atoms with E-state index >= 15 is 0 Å². The molecule has 8 aromatic carbocycles. The van der Waals surface area contributed by atoms with Gasteiger partial charge in [0.25, 0.3) is 0 Å². The summed E-state index contributed by atoms with van der Waals surface area (Å²) in [6, 6.07) is 69.9. The van der Waals surface area contributed by atoms with Crippen LogP contribution in [0.25, 0.3) is 84.0 Å². The maximum atomic E-state index is 5.61. The molecular weight excluding hydrogens is 939 g/mol. The van der Waals surface area contributed by atoms with Gasteiger partial charge < -0.3 is 9.80 Å². The van der Waals surface area contributed by atoms with Crippen molar-refractivity contribution < 1.29 is 0 Å². The van der Waals surface area contributed by atoms with Crippen LogP contribution in [0.5, 0.6) is 0 Å². The van der Waals surface area contributed by atoms with Crippen molar-refractivity contribution in [3.8, 4) is 62.2 Å². The van der Waals surface area contributed by atoms with Gasteiger partial charge in [-0.25, -0.2) is 19.9 Å². The van der Waals surface area contributed by atoms with E-state index in [-0.39, 0.29) is 16.2 Å². The molecule has 380 valence electrons. The van der Waals surface area contributed by atoms with Crippen molar-refractivity contribution in [3.63, 3.8) is 0 Å². The van der Waals surface area contributed by atoms with Crippen LogP contribution in [-0.4, -0.2) is 31.2 Å². The Morgan fingerprint density at radius 3 is 1.56 bits per heavy atom. The van der Waals surface area contributed by atoms with Gasteiger partial charge in [0.05, 0.1) is 28.1 Å². The van der Waals surface area contributed by atoms with Gasteiger partial charge in [0.1, 0.15) is 12.5 Å². The van der Waals surface area contributed by atoms with Crippen molar-refractivity contribution >= 4 is 44.6 Å². The number of para-hydroxylation sites is 4. The molecule has 12 rings (SSSR count). The zero-order valence-electron chi connectivity index (χ0n) is 45.9. The lowest BCUT2D eigenvalue weighted by molar-refractivity contribution is 0.550. The fourth-order valence-electron chi connectivity index (χ4n) is 11.2. The molecule has 0 radical (unpaired) electrons. The molecule has 77 heavy (non-hydrogen) atoms. The maximum absolute atomic E-state index is 5.61. The number of nitrogens with zero attached hydrogens (tertiary/aromatic N) is 7. The lowest BCUT2D eigenvalue weighted by atomic mass is 9.72. The van der Waals surface area contributed by atoms with Gasteiger partial charge in [-0.15, -0.1) is 0 Å². The minimum atomic E-state index is -0.237. The third-order valence-corrected chi connectivity index (χ3v) is 15.2. The summed E-state index contributed by atoms with van der Waals surface area (Å²) in [4.78, 5) is 26.5. The predicted octanol–water partition coefficient (Wildman–Crippen LogP) is 18.1. The summed E-state index contributed by atoms with van der Waals surface area (Å²) < 4.78 is 2.27. The number of aromatic nitrogens is 5. The highest BCUT2D eigenvalue weighted by Crippen LogP contribution is 2.51. The third-order valence-electron chi connectivity index (χ3n) is 15.2. The van der Waals surface area contributed by atoms with Crippen LogP contribution >= 0.6 is 0 Å². The van der Waals surface area contributed by atoms with Crippen molar-refractivity contribution in [1.82, 2.24) is 24.5 Å². The molecule has 3 aromatic heterocycles. The molecule has 1 aliphatic rings. The highest BCUT2D eigenvalue weighted by Gasteiger charge is 2.34. The summed E-state index contributed by atoms with van der Waals surface area (Å²) in [5, 5.41) is 2.30. The molecule has 0 N–H and O–H groups in total. The van der Waals surface area contributed by atoms with Gasteiger partial charge in [0.2, 0.25) is 0 Å². The van der Waals surface area contributed by atoms with Crippen LogP contribution in [0.4, 0.5) is 22.7 Å². The van der Waals surface area contributed by atoms with Gasteiger partial charge in [-0.1, -0.05) is 208 Å². The molecule has 0 bridgehead atoms. The molecule has 7 heteroatoms.